The SMILES string of the molecule is CCOc1ccc(C(=O)NCc2ccc(Br)s2)cc1[N+](=O)[O-]. The molecule has 0 saturated carbocycles. The van der Waals surface area contributed by atoms with E-state index >= 15 is 0 Å². The summed E-state index contributed by atoms with van der Waals surface area (Å²) in [5.41, 5.74) is 0.0131. The van der Waals surface area contributed by atoms with Gasteiger partial charge in [0.25, 0.3) is 5.91 Å². The Labute approximate surface area is 139 Å². The molecule has 0 bridgehead atoms. The Bertz CT molecular complexity index is 702. The Morgan fingerprint density at radius 3 is 2.77 bits per heavy atom. The van der Waals surface area contributed by atoms with Crippen molar-refractivity contribution in [3.05, 3.63) is 54.7 Å². The molecular formula is C14H13BrN2O4S. The number of nitrogens with one attached hydrogen (secondary N) is 1. The summed E-state index contributed by atoms with van der Waals surface area (Å²) in [6.07, 6.45) is 0. The summed E-state index contributed by atoms with van der Waals surface area (Å²) in [5, 5.41) is 13.8. The predicted molar refractivity (Wildman–Crippen MR) is 87.5 cm³/mol. The number of carbonyl (C=O) groups excluding carboxylic acids is 1. The van der Waals surface area contributed by atoms with E-state index in [0.717, 1.165) is 8.66 Å². The highest BCUT2D eigenvalue weighted by atomic mass is 79.9. The third-order valence-electron chi connectivity index (χ3n) is 2.77. The van der Waals surface area contributed by atoms with E-state index < -0.39 is 4.92 Å². The lowest BCUT2D eigenvalue weighted by Crippen LogP contribution is -2.22. The van der Waals surface area contributed by atoms with Gasteiger partial charge in [-0.3, -0.25) is 14.9 Å². The number of ether oxygens (including phenoxy) is 1. The van der Waals surface area contributed by atoms with Crippen LogP contribution >= 0.6 is 27.3 Å². The zero-order chi connectivity index (χ0) is 16.1. The number of thiophene rings is 1. The average Bonchev–Trinajstić information content (AvgIpc) is 2.91. The van der Waals surface area contributed by atoms with E-state index in [1.807, 2.05) is 12.1 Å². The molecule has 8 heteroatoms. The minimum Gasteiger partial charge on any atom is -0.487 e. The molecule has 2 aromatic rings. The quantitative estimate of drug-likeness (QED) is 0.607. The van der Waals surface area contributed by atoms with Gasteiger partial charge in [0.1, 0.15) is 0 Å². The van der Waals surface area contributed by atoms with Gasteiger partial charge in [-0.2, -0.15) is 0 Å². The smallest absolute Gasteiger partial charge is 0.311 e. The molecule has 1 heterocycles. The zero-order valence-corrected chi connectivity index (χ0v) is 14.1. The molecule has 1 N–H and O–H groups in total. The molecule has 0 aliphatic heterocycles. The third kappa shape index (κ3) is 4.05. The van der Waals surface area contributed by atoms with Gasteiger partial charge in [-0.25, -0.2) is 0 Å². The van der Waals surface area contributed by atoms with Crippen molar-refractivity contribution in [3.63, 3.8) is 0 Å². The lowest BCUT2D eigenvalue weighted by atomic mass is 10.1. The summed E-state index contributed by atoms with van der Waals surface area (Å²) in [5.74, 6) is -0.207. The van der Waals surface area contributed by atoms with Gasteiger partial charge in [0, 0.05) is 16.5 Å². The van der Waals surface area contributed by atoms with Crippen molar-refractivity contribution < 1.29 is 14.5 Å². The largest absolute Gasteiger partial charge is 0.487 e. The minimum absolute atomic E-state index is 0.159. The molecule has 0 radical (unpaired) electrons. The topological polar surface area (TPSA) is 81.5 Å². The first-order valence-electron chi connectivity index (χ1n) is 6.45. The summed E-state index contributed by atoms with van der Waals surface area (Å²) < 4.78 is 6.17. The minimum atomic E-state index is -0.557. The van der Waals surface area contributed by atoms with Crippen LogP contribution in [0.5, 0.6) is 5.75 Å². The van der Waals surface area contributed by atoms with Crippen molar-refractivity contribution in [1.82, 2.24) is 5.32 Å². The van der Waals surface area contributed by atoms with Crippen molar-refractivity contribution in [2.45, 2.75) is 13.5 Å². The van der Waals surface area contributed by atoms with Crippen LogP contribution in [-0.4, -0.2) is 17.4 Å². The Kier molecular flexibility index (Phi) is 5.51. The summed E-state index contributed by atoms with van der Waals surface area (Å²) >= 11 is 4.86. The molecule has 116 valence electrons. The highest BCUT2D eigenvalue weighted by molar-refractivity contribution is 9.11. The number of nitro benzene ring substituents is 1. The Morgan fingerprint density at radius 2 is 2.18 bits per heavy atom. The number of nitrogens with zero attached hydrogens (tertiary/aromatic N) is 1. The van der Waals surface area contributed by atoms with E-state index in [1.165, 1.54) is 29.5 Å². The lowest BCUT2D eigenvalue weighted by molar-refractivity contribution is -0.385. The van der Waals surface area contributed by atoms with E-state index in [0.29, 0.717) is 13.2 Å². The van der Waals surface area contributed by atoms with Gasteiger partial charge in [0.15, 0.2) is 5.75 Å². The Hall–Kier alpha value is -1.93. The molecule has 2 rings (SSSR count). The van der Waals surface area contributed by atoms with Gasteiger partial charge < -0.3 is 10.1 Å². The van der Waals surface area contributed by atoms with Crippen LogP contribution in [0.25, 0.3) is 0 Å². The summed E-state index contributed by atoms with van der Waals surface area (Å²) in [7, 11) is 0. The van der Waals surface area contributed by atoms with E-state index in [4.69, 9.17) is 4.74 Å². The lowest BCUT2D eigenvalue weighted by Gasteiger charge is -2.07. The molecule has 22 heavy (non-hydrogen) atoms. The second-order valence-corrected chi connectivity index (χ2v) is 6.81. The Morgan fingerprint density at radius 1 is 1.41 bits per heavy atom. The van der Waals surface area contributed by atoms with Crippen LogP contribution in [0.1, 0.15) is 22.2 Å². The maximum absolute atomic E-state index is 12.1. The second kappa shape index (κ2) is 7.37. The molecule has 0 aliphatic rings. The van der Waals surface area contributed by atoms with Crippen LogP contribution in [0.4, 0.5) is 5.69 Å². The molecular weight excluding hydrogens is 372 g/mol. The standard InChI is InChI=1S/C14H13BrN2O4S/c1-2-21-12-5-3-9(7-11(12)17(19)20)14(18)16-8-10-4-6-13(15)22-10/h3-7H,2,8H2,1H3,(H,16,18). The zero-order valence-electron chi connectivity index (χ0n) is 11.7. The first kappa shape index (κ1) is 16.4. The van der Waals surface area contributed by atoms with E-state index in [1.54, 1.807) is 6.92 Å². The number of nitro groups is 1. The van der Waals surface area contributed by atoms with Crippen LogP contribution in [-0.2, 0) is 6.54 Å². The maximum Gasteiger partial charge on any atom is 0.311 e. The normalized spacial score (nSPS) is 10.3. The summed E-state index contributed by atoms with van der Waals surface area (Å²) in [6.45, 7) is 2.43. The van der Waals surface area contributed by atoms with Crippen LogP contribution in [0.3, 0.4) is 0 Å². The molecule has 6 nitrogen and oxygen atoms in total. The summed E-state index contributed by atoms with van der Waals surface area (Å²) in [6, 6.07) is 7.98. The molecule has 1 amide bonds. The number of amides is 1. The average molecular weight is 385 g/mol. The van der Waals surface area contributed by atoms with Crippen LogP contribution in [0.2, 0.25) is 0 Å². The van der Waals surface area contributed by atoms with Crippen molar-refractivity contribution in [2.75, 3.05) is 6.61 Å². The van der Waals surface area contributed by atoms with Gasteiger partial charge >= 0.3 is 5.69 Å². The van der Waals surface area contributed by atoms with Gasteiger partial charge in [-0.05, 0) is 47.1 Å². The molecule has 1 aromatic heterocycles. The number of benzene rings is 1. The van der Waals surface area contributed by atoms with Crippen molar-refractivity contribution >= 4 is 38.9 Å². The number of hydrogen-bond donors (Lipinski definition) is 1. The first-order chi connectivity index (χ1) is 10.5. The fourth-order valence-corrected chi connectivity index (χ4v) is 3.22. The van der Waals surface area contributed by atoms with Gasteiger partial charge in [0.2, 0.25) is 0 Å². The van der Waals surface area contributed by atoms with Crippen molar-refractivity contribution in [2.24, 2.45) is 0 Å². The maximum atomic E-state index is 12.1. The highest BCUT2D eigenvalue weighted by Crippen LogP contribution is 2.28. The van der Waals surface area contributed by atoms with E-state index in [-0.39, 0.29) is 22.9 Å². The first-order valence-corrected chi connectivity index (χ1v) is 8.06. The van der Waals surface area contributed by atoms with Crippen molar-refractivity contribution in [1.29, 1.82) is 0 Å². The summed E-state index contributed by atoms with van der Waals surface area (Å²) in [4.78, 5) is 23.6. The molecule has 1 aromatic carbocycles. The van der Waals surface area contributed by atoms with E-state index in [9.17, 15) is 14.9 Å². The molecule has 0 atom stereocenters. The molecule has 0 saturated heterocycles. The van der Waals surface area contributed by atoms with E-state index in [2.05, 4.69) is 21.2 Å². The molecule has 0 fully saturated rings. The molecule has 0 spiro atoms. The number of rotatable bonds is 6. The van der Waals surface area contributed by atoms with Crippen LogP contribution in [0.15, 0.2) is 34.1 Å². The third-order valence-corrected chi connectivity index (χ3v) is 4.39. The monoisotopic (exact) mass is 384 g/mol. The van der Waals surface area contributed by atoms with Crippen LogP contribution < -0.4 is 10.1 Å². The van der Waals surface area contributed by atoms with Gasteiger partial charge in [-0.1, -0.05) is 0 Å². The Balaban J connectivity index is 2.12. The second-order valence-electron chi connectivity index (χ2n) is 4.26. The fourth-order valence-electron chi connectivity index (χ4n) is 1.80. The number of halogens is 1. The van der Waals surface area contributed by atoms with Gasteiger partial charge in [0.05, 0.1) is 21.9 Å². The fraction of sp³-hybridized carbons (Fsp3) is 0.214. The van der Waals surface area contributed by atoms with Crippen LogP contribution in [0, 0.1) is 10.1 Å². The van der Waals surface area contributed by atoms with Gasteiger partial charge in [-0.15, -0.1) is 11.3 Å². The van der Waals surface area contributed by atoms with Crippen molar-refractivity contribution in [3.8, 4) is 5.75 Å². The number of hydrogen-bond acceptors (Lipinski definition) is 5. The molecule has 0 unspecified atom stereocenters. The predicted octanol–water partition coefficient (Wildman–Crippen LogP) is 3.75. The molecule has 0 aliphatic carbocycles. The number of carbonyl (C=O) groups is 1. The highest BCUT2D eigenvalue weighted by Gasteiger charge is 2.18.